The van der Waals surface area contributed by atoms with Gasteiger partial charge in [0.2, 0.25) is 10.0 Å². The SMILES string of the molecule is O=S(=O)(CCc1ccccc1)NC1CN(c2cnccn2)C1. The molecule has 0 amide bonds. The first-order valence-corrected chi connectivity index (χ1v) is 8.82. The molecule has 0 spiro atoms. The molecule has 0 saturated carbocycles. The fourth-order valence-corrected chi connectivity index (χ4v) is 3.68. The zero-order chi connectivity index (χ0) is 15.4. The lowest BCUT2D eigenvalue weighted by molar-refractivity contribution is 0.465. The maximum Gasteiger partial charge on any atom is 0.212 e. The molecule has 1 saturated heterocycles. The van der Waals surface area contributed by atoms with Crippen molar-refractivity contribution in [3.63, 3.8) is 0 Å². The Morgan fingerprint density at radius 3 is 2.64 bits per heavy atom. The number of hydrogen-bond acceptors (Lipinski definition) is 5. The van der Waals surface area contributed by atoms with E-state index in [0.29, 0.717) is 19.5 Å². The summed E-state index contributed by atoms with van der Waals surface area (Å²) in [4.78, 5) is 10.2. The molecule has 2 aromatic rings. The summed E-state index contributed by atoms with van der Waals surface area (Å²) in [6, 6.07) is 9.58. The number of hydrogen-bond donors (Lipinski definition) is 1. The number of nitrogens with one attached hydrogen (secondary N) is 1. The Labute approximate surface area is 130 Å². The Balaban J connectivity index is 1.47. The quantitative estimate of drug-likeness (QED) is 0.854. The number of sulfonamides is 1. The van der Waals surface area contributed by atoms with E-state index in [4.69, 9.17) is 0 Å². The Morgan fingerprint density at radius 2 is 1.95 bits per heavy atom. The summed E-state index contributed by atoms with van der Waals surface area (Å²) in [5, 5.41) is 0. The lowest BCUT2D eigenvalue weighted by Gasteiger charge is -2.39. The first-order chi connectivity index (χ1) is 10.6. The van der Waals surface area contributed by atoms with Crippen LogP contribution in [0, 0.1) is 0 Å². The Morgan fingerprint density at radius 1 is 1.18 bits per heavy atom. The third-order valence-corrected chi connectivity index (χ3v) is 5.04. The number of anilines is 1. The largest absolute Gasteiger partial charge is 0.352 e. The van der Waals surface area contributed by atoms with Gasteiger partial charge < -0.3 is 4.90 Å². The van der Waals surface area contributed by atoms with Crippen LogP contribution in [0.15, 0.2) is 48.9 Å². The van der Waals surface area contributed by atoms with Crippen LogP contribution in [0.3, 0.4) is 0 Å². The van der Waals surface area contributed by atoms with Gasteiger partial charge in [-0.15, -0.1) is 0 Å². The number of rotatable bonds is 6. The molecule has 22 heavy (non-hydrogen) atoms. The van der Waals surface area contributed by atoms with E-state index in [1.807, 2.05) is 35.2 Å². The summed E-state index contributed by atoms with van der Waals surface area (Å²) in [6.07, 6.45) is 5.46. The van der Waals surface area contributed by atoms with Crippen molar-refractivity contribution in [1.82, 2.24) is 14.7 Å². The highest BCUT2D eigenvalue weighted by Crippen LogP contribution is 2.17. The van der Waals surface area contributed by atoms with Gasteiger partial charge in [-0.2, -0.15) is 0 Å². The lowest BCUT2D eigenvalue weighted by Crippen LogP contribution is -2.60. The van der Waals surface area contributed by atoms with Gasteiger partial charge in [-0.25, -0.2) is 18.1 Å². The second-order valence-electron chi connectivity index (χ2n) is 5.34. The Hall–Kier alpha value is -1.99. The normalized spacial score (nSPS) is 15.5. The molecule has 1 N–H and O–H groups in total. The number of aromatic nitrogens is 2. The minimum absolute atomic E-state index is 0.0530. The van der Waals surface area contributed by atoms with Crippen molar-refractivity contribution in [1.29, 1.82) is 0 Å². The molecule has 0 unspecified atom stereocenters. The van der Waals surface area contributed by atoms with E-state index in [2.05, 4.69) is 14.7 Å². The average molecular weight is 318 g/mol. The minimum Gasteiger partial charge on any atom is -0.352 e. The van der Waals surface area contributed by atoms with Gasteiger partial charge in [0.1, 0.15) is 5.82 Å². The van der Waals surface area contributed by atoms with Crippen molar-refractivity contribution < 1.29 is 8.42 Å². The van der Waals surface area contributed by atoms with Crippen LogP contribution in [-0.2, 0) is 16.4 Å². The van der Waals surface area contributed by atoms with Crippen molar-refractivity contribution in [2.75, 3.05) is 23.7 Å². The third kappa shape index (κ3) is 3.80. The summed E-state index contributed by atoms with van der Waals surface area (Å²) < 4.78 is 26.9. The van der Waals surface area contributed by atoms with Crippen LogP contribution in [0.4, 0.5) is 5.82 Å². The zero-order valence-corrected chi connectivity index (χ0v) is 12.9. The standard InChI is InChI=1S/C15H18N4O2S/c20-22(21,9-6-13-4-2-1-3-5-13)18-14-11-19(12-14)15-10-16-7-8-17-15/h1-5,7-8,10,14,18H,6,9,11-12H2. The fourth-order valence-electron chi connectivity index (χ4n) is 2.40. The van der Waals surface area contributed by atoms with Gasteiger partial charge in [-0.05, 0) is 12.0 Å². The maximum absolute atomic E-state index is 12.1. The second kappa shape index (κ2) is 6.41. The summed E-state index contributed by atoms with van der Waals surface area (Å²) in [6.45, 7) is 1.26. The van der Waals surface area contributed by atoms with Crippen molar-refractivity contribution in [3.8, 4) is 0 Å². The summed E-state index contributed by atoms with van der Waals surface area (Å²) in [5.74, 6) is 0.890. The molecule has 2 heterocycles. The van der Waals surface area contributed by atoms with E-state index < -0.39 is 10.0 Å². The second-order valence-corrected chi connectivity index (χ2v) is 7.21. The predicted octanol–water partition coefficient (Wildman–Crippen LogP) is 0.827. The number of benzene rings is 1. The molecule has 6 nitrogen and oxygen atoms in total. The minimum atomic E-state index is -3.26. The van der Waals surface area contributed by atoms with Gasteiger partial charge in [-0.3, -0.25) is 4.98 Å². The highest BCUT2D eigenvalue weighted by atomic mass is 32.2. The van der Waals surface area contributed by atoms with Crippen LogP contribution in [0.25, 0.3) is 0 Å². The fraction of sp³-hybridized carbons (Fsp3) is 0.333. The highest BCUT2D eigenvalue weighted by Gasteiger charge is 2.30. The Bertz CT molecular complexity index is 701. The molecule has 0 radical (unpaired) electrons. The van der Waals surface area contributed by atoms with Gasteiger partial charge in [0.15, 0.2) is 0 Å². The van der Waals surface area contributed by atoms with Crippen LogP contribution in [-0.4, -0.2) is 43.3 Å². The van der Waals surface area contributed by atoms with Gasteiger partial charge in [-0.1, -0.05) is 30.3 Å². The predicted molar refractivity (Wildman–Crippen MR) is 85.1 cm³/mol. The van der Waals surface area contributed by atoms with Crippen molar-refractivity contribution in [3.05, 3.63) is 54.5 Å². The molecule has 1 aromatic carbocycles. The smallest absolute Gasteiger partial charge is 0.212 e. The third-order valence-electron chi connectivity index (χ3n) is 3.60. The van der Waals surface area contributed by atoms with Crippen LogP contribution < -0.4 is 9.62 Å². The molecule has 1 aromatic heterocycles. The summed E-state index contributed by atoms with van der Waals surface area (Å²) >= 11 is 0. The molecule has 0 bridgehead atoms. The van der Waals surface area contributed by atoms with Crippen molar-refractivity contribution in [2.45, 2.75) is 12.5 Å². The van der Waals surface area contributed by atoms with Crippen LogP contribution in [0.2, 0.25) is 0 Å². The van der Waals surface area contributed by atoms with E-state index in [1.54, 1.807) is 18.6 Å². The topological polar surface area (TPSA) is 75.2 Å². The molecule has 0 aliphatic carbocycles. The molecule has 1 aliphatic heterocycles. The van der Waals surface area contributed by atoms with E-state index in [0.717, 1.165) is 11.4 Å². The highest BCUT2D eigenvalue weighted by molar-refractivity contribution is 7.89. The molecule has 1 fully saturated rings. The first kappa shape index (κ1) is 14.9. The Kier molecular flexibility index (Phi) is 4.35. The first-order valence-electron chi connectivity index (χ1n) is 7.17. The molecule has 1 aliphatic rings. The van der Waals surface area contributed by atoms with E-state index in [1.165, 1.54) is 0 Å². The lowest BCUT2D eigenvalue weighted by atomic mass is 10.1. The summed E-state index contributed by atoms with van der Waals surface area (Å²) in [7, 11) is -3.26. The van der Waals surface area contributed by atoms with E-state index in [-0.39, 0.29) is 11.8 Å². The van der Waals surface area contributed by atoms with E-state index in [9.17, 15) is 8.42 Å². The molecular formula is C15H18N4O2S. The summed E-state index contributed by atoms with van der Waals surface area (Å²) in [5.41, 5.74) is 1.03. The molecule has 7 heteroatoms. The van der Waals surface area contributed by atoms with E-state index >= 15 is 0 Å². The van der Waals surface area contributed by atoms with Crippen LogP contribution in [0.1, 0.15) is 5.56 Å². The molecule has 0 atom stereocenters. The van der Waals surface area contributed by atoms with Gasteiger partial charge >= 0.3 is 0 Å². The maximum atomic E-state index is 12.1. The van der Waals surface area contributed by atoms with Gasteiger partial charge in [0, 0.05) is 25.5 Å². The number of aryl methyl sites for hydroxylation is 1. The molecule has 116 valence electrons. The van der Waals surface area contributed by atoms with Crippen molar-refractivity contribution >= 4 is 15.8 Å². The molecule has 3 rings (SSSR count). The monoisotopic (exact) mass is 318 g/mol. The zero-order valence-electron chi connectivity index (χ0n) is 12.1. The number of nitrogens with zero attached hydrogens (tertiary/aromatic N) is 3. The average Bonchev–Trinajstić information content (AvgIpc) is 2.51. The van der Waals surface area contributed by atoms with Gasteiger partial charge in [0.05, 0.1) is 18.0 Å². The van der Waals surface area contributed by atoms with Gasteiger partial charge in [0.25, 0.3) is 0 Å². The molecular weight excluding hydrogens is 300 g/mol. The van der Waals surface area contributed by atoms with Crippen molar-refractivity contribution in [2.24, 2.45) is 0 Å². The van der Waals surface area contributed by atoms with Crippen LogP contribution in [0.5, 0.6) is 0 Å². The van der Waals surface area contributed by atoms with Crippen LogP contribution >= 0.6 is 0 Å².